The highest BCUT2D eigenvalue weighted by Crippen LogP contribution is 2.53. The van der Waals surface area contributed by atoms with E-state index in [4.69, 9.17) is 0 Å². The molecular weight excluding hydrogens is 282 g/mol. The maximum Gasteiger partial charge on any atom is 0.317 e. The van der Waals surface area contributed by atoms with Gasteiger partial charge < -0.3 is 20.1 Å². The van der Waals surface area contributed by atoms with E-state index in [-0.39, 0.29) is 12.6 Å². The molecule has 1 saturated heterocycles. The molecule has 1 N–H and O–H groups in total. The molecule has 0 unspecified atom stereocenters. The predicted octanol–water partition coefficient (Wildman–Crippen LogP) is 0.983. The summed E-state index contributed by atoms with van der Waals surface area (Å²) in [5, 5.41) is 13.3. The van der Waals surface area contributed by atoms with Gasteiger partial charge in [-0.25, -0.2) is 13.6 Å². The van der Waals surface area contributed by atoms with E-state index >= 15 is 0 Å². The van der Waals surface area contributed by atoms with Crippen molar-refractivity contribution in [3.63, 3.8) is 0 Å². The number of carboxylic acids is 1. The normalized spacial score (nSPS) is 22.0. The van der Waals surface area contributed by atoms with Gasteiger partial charge in [0.05, 0.1) is 0 Å². The van der Waals surface area contributed by atoms with Crippen molar-refractivity contribution in [1.29, 1.82) is 0 Å². The van der Waals surface area contributed by atoms with Crippen LogP contribution in [0.3, 0.4) is 0 Å². The molecule has 7 heteroatoms. The zero-order valence-electron chi connectivity index (χ0n) is 12.2. The number of urea groups is 1. The van der Waals surface area contributed by atoms with Crippen LogP contribution in [0, 0.1) is 11.3 Å². The summed E-state index contributed by atoms with van der Waals surface area (Å²) >= 11 is 0. The first-order valence-corrected chi connectivity index (χ1v) is 7.32. The first kappa shape index (κ1) is 16.0. The molecule has 0 aromatic heterocycles. The first-order chi connectivity index (χ1) is 9.71. The lowest BCUT2D eigenvalue weighted by Gasteiger charge is -2.32. The lowest BCUT2D eigenvalue weighted by atomic mass is 9.94. The number of nitrogens with zero attached hydrogens (tertiary/aromatic N) is 1. The van der Waals surface area contributed by atoms with Crippen molar-refractivity contribution in [3.05, 3.63) is 0 Å². The average molecular weight is 303 g/mol. The van der Waals surface area contributed by atoms with Crippen molar-refractivity contribution in [2.75, 3.05) is 19.6 Å². The maximum atomic E-state index is 12.9. The minimum atomic E-state index is -3.10. The molecule has 1 saturated carbocycles. The number of alkyl halides is 2. The Hall–Kier alpha value is -1.40. The Morgan fingerprint density at radius 1 is 1.29 bits per heavy atom. The zero-order chi connectivity index (χ0) is 15.7. The van der Waals surface area contributed by atoms with Crippen LogP contribution in [0.15, 0.2) is 0 Å². The van der Waals surface area contributed by atoms with Crippen molar-refractivity contribution in [2.45, 2.75) is 45.0 Å². The lowest BCUT2D eigenvalue weighted by Crippen LogP contribution is -2.48. The summed E-state index contributed by atoms with van der Waals surface area (Å²) in [7, 11) is 0. The van der Waals surface area contributed by atoms with E-state index in [9.17, 15) is 23.5 Å². The summed E-state index contributed by atoms with van der Waals surface area (Å²) in [4.78, 5) is 24.4. The minimum absolute atomic E-state index is 0.327. The Kier molecular flexibility index (Phi) is 4.39. The van der Waals surface area contributed by atoms with Gasteiger partial charge in [-0.3, -0.25) is 0 Å². The topological polar surface area (TPSA) is 72.5 Å². The number of carbonyl (C=O) groups is 2. The number of carbonyl (C=O) groups excluding carboxylic acids is 2. The number of halogens is 2. The van der Waals surface area contributed by atoms with Gasteiger partial charge in [-0.1, -0.05) is 0 Å². The van der Waals surface area contributed by atoms with Gasteiger partial charge in [0.1, 0.15) is 0 Å². The van der Waals surface area contributed by atoms with Gasteiger partial charge in [0, 0.05) is 37.9 Å². The second kappa shape index (κ2) is 5.77. The van der Waals surface area contributed by atoms with Gasteiger partial charge in [0.25, 0.3) is 0 Å². The summed E-state index contributed by atoms with van der Waals surface area (Å²) in [5.41, 5.74) is 0.439. The van der Waals surface area contributed by atoms with Crippen LogP contribution in [0.25, 0.3) is 0 Å². The number of piperidine rings is 1. The molecule has 1 heterocycles. The lowest BCUT2D eigenvalue weighted by molar-refractivity contribution is -0.312. The van der Waals surface area contributed by atoms with Crippen molar-refractivity contribution < 1.29 is 23.5 Å². The van der Waals surface area contributed by atoms with Crippen LogP contribution in [-0.2, 0) is 4.79 Å². The third-order valence-corrected chi connectivity index (χ3v) is 4.51. The molecule has 2 rings (SSSR count). The fourth-order valence-corrected chi connectivity index (χ4v) is 2.85. The Bertz CT molecular complexity index is 409. The first-order valence-electron chi connectivity index (χ1n) is 7.32. The van der Waals surface area contributed by atoms with Crippen molar-refractivity contribution in [1.82, 2.24) is 10.2 Å². The number of carboxylic acid groups (broad SMARTS) is 1. The van der Waals surface area contributed by atoms with Crippen LogP contribution >= 0.6 is 0 Å². The molecule has 0 aromatic rings. The molecule has 21 heavy (non-hydrogen) atoms. The smallest absolute Gasteiger partial charge is 0.317 e. The van der Waals surface area contributed by atoms with Crippen LogP contribution in [0.4, 0.5) is 13.6 Å². The highest BCUT2D eigenvalue weighted by molar-refractivity contribution is 5.75. The van der Waals surface area contributed by atoms with Crippen LogP contribution in [-0.4, -0.2) is 42.5 Å². The third-order valence-electron chi connectivity index (χ3n) is 4.51. The van der Waals surface area contributed by atoms with Crippen molar-refractivity contribution >= 4 is 12.0 Å². The van der Waals surface area contributed by atoms with E-state index in [1.54, 1.807) is 4.90 Å². The average Bonchev–Trinajstić information content (AvgIpc) is 3.13. The molecule has 1 spiro atoms. The molecule has 2 fully saturated rings. The summed E-state index contributed by atoms with van der Waals surface area (Å²) in [5.74, 6) is -6.04. The molecule has 0 bridgehead atoms. The quantitative estimate of drug-likeness (QED) is 0.823. The fourth-order valence-electron chi connectivity index (χ4n) is 2.85. The molecule has 0 aromatic carbocycles. The number of hydrogen-bond donors (Lipinski definition) is 1. The Labute approximate surface area is 122 Å². The predicted molar refractivity (Wildman–Crippen MR) is 69.6 cm³/mol. The molecule has 1 aliphatic carbocycles. The van der Waals surface area contributed by atoms with Crippen LogP contribution in [0.5, 0.6) is 0 Å². The maximum absolute atomic E-state index is 12.9. The van der Waals surface area contributed by atoms with E-state index in [2.05, 4.69) is 5.32 Å². The largest absolute Gasteiger partial charge is 0.550 e. The summed E-state index contributed by atoms with van der Waals surface area (Å²) in [6.45, 7) is 1.62. The second-order valence-electron chi connectivity index (χ2n) is 6.46. The summed E-state index contributed by atoms with van der Waals surface area (Å²) in [6.07, 6.45) is 3.55. The molecule has 2 aliphatic rings. The number of aliphatic carboxylic acids is 1. The number of rotatable bonds is 5. The van der Waals surface area contributed by atoms with Gasteiger partial charge in [-0.15, -0.1) is 0 Å². The molecule has 5 nitrogen and oxygen atoms in total. The van der Waals surface area contributed by atoms with Crippen molar-refractivity contribution in [3.8, 4) is 0 Å². The second-order valence-corrected chi connectivity index (χ2v) is 6.46. The standard InChI is InChI=1S/C14H22F2N2O3/c1-13(15,16)8-10(11(19)20)9-17-12(21)18-6-4-14(2-3-14)5-7-18/h10H,2-9H2,1H3,(H,17,21)(H,19,20)/p-1/t10-/m0/s1. The molecule has 120 valence electrons. The highest BCUT2D eigenvalue weighted by Gasteiger charge is 2.45. The number of likely N-dealkylation sites (tertiary alicyclic amines) is 1. The highest BCUT2D eigenvalue weighted by atomic mass is 19.3. The van der Waals surface area contributed by atoms with E-state index in [0.29, 0.717) is 25.4 Å². The van der Waals surface area contributed by atoms with Gasteiger partial charge in [-0.05, 0) is 38.0 Å². The number of hydrogen-bond acceptors (Lipinski definition) is 3. The minimum Gasteiger partial charge on any atom is -0.550 e. The van der Waals surface area contributed by atoms with Gasteiger partial charge in [0.15, 0.2) is 0 Å². The molecule has 1 atom stereocenters. The van der Waals surface area contributed by atoms with Crippen LogP contribution < -0.4 is 10.4 Å². The number of amides is 2. The van der Waals surface area contributed by atoms with Gasteiger partial charge in [0.2, 0.25) is 5.92 Å². The molecule has 2 amide bonds. The third kappa shape index (κ3) is 4.54. The van der Waals surface area contributed by atoms with Crippen molar-refractivity contribution in [2.24, 2.45) is 11.3 Å². The van der Waals surface area contributed by atoms with Gasteiger partial charge in [-0.2, -0.15) is 0 Å². The molecular formula is C14H21F2N2O3-. The van der Waals surface area contributed by atoms with Crippen LogP contribution in [0.1, 0.15) is 39.0 Å². The Balaban J connectivity index is 1.77. The summed E-state index contributed by atoms with van der Waals surface area (Å²) < 4.78 is 25.8. The monoisotopic (exact) mass is 303 g/mol. The van der Waals surface area contributed by atoms with E-state index < -0.39 is 24.2 Å². The SMILES string of the molecule is CC(F)(F)C[C@@H](CNC(=O)N1CCC2(CC1)CC2)C(=O)[O-]. The summed E-state index contributed by atoms with van der Waals surface area (Å²) in [6, 6.07) is -0.379. The van der Waals surface area contributed by atoms with E-state index in [1.807, 2.05) is 0 Å². The Morgan fingerprint density at radius 3 is 2.29 bits per heavy atom. The van der Waals surface area contributed by atoms with E-state index in [0.717, 1.165) is 12.8 Å². The zero-order valence-corrected chi connectivity index (χ0v) is 12.2. The van der Waals surface area contributed by atoms with Gasteiger partial charge >= 0.3 is 6.03 Å². The fraction of sp³-hybridized carbons (Fsp3) is 0.857. The van der Waals surface area contributed by atoms with Crippen LogP contribution in [0.2, 0.25) is 0 Å². The molecule has 1 aliphatic heterocycles. The Morgan fingerprint density at radius 2 is 1.86 bits per heavy atom. The van der Waals surface area contributed by atoms with E-state index in [1.165, 1.54) is 12.8 Å². The molecule has 0 radical (unpaired) electrons. The number of nitrogens with one attached hydrogen (secondary N) is 1.